The number of allylic oxidation sites excluding steroid dienone is 2. The van der Waals surface area contributed by atoms with Crippen LogP contribution in [0.2, 0.25) is 0 Å². The first kappa shape index (κ1) is 10.3. The van der Waals surface area contributed by atoms with Crippen molar-refractivity contribution in [2.45, 2.75) is 26.4 Å². The van der Waals surface area contributed by atoms with Crippen LogP contribution in [0.15, 0.2) is 24.0 Å². The normalized spacial score (nSPS) is 22.6. The Morgan fingerprint density at radius 3 is 2.21 bits per heavy atom. The summed E-state index contributed by atoms with van der Waals surface area (Å²) in [6, 6.07) is 3.99. The van der Waals surface area contributed by atoms with E-state index >= 15 is 0 Å². The van der Waals surface area contributed by atoms with Gasteiger partial charge in [-0.1, -0.05) is 6.58 Å². The molecule has 0 aliphatic carbocycles. The average Bonchev–Trinajstić information content (AvgIpc) is 2.03. The van der Waals surface area contributed by atoms with Crippen LogP contribution in [0.25, 0.3) is 0 Å². The van der Waals surface area contributed by atoms with Gasteiger partial charge in [0, 0.05) is 0 Å². The van der Waals surface area contributed by atoms with Crippen molar-refractivity contribution < 1.29 is 4.74 Å². The van der Waals surface area contributed by atoms with Gasteiger partial charge in [0.05, 0.1) is 17.9 Å². The SMILES string of the molecule is C=C1C=C(C)OC(C)(C)C1(C#N)C#N. The van der Waals surface area contributed by atoms with Crippen molar-refractivity contribution in [3.05, 3.63) is 24.0 Å². The van der Waals surface area contributed by atoms with Crippen LogP contribution < -0.4 is 0 Å². The molecule has 0 atom stereocenters. The smallest absolute Gasteiger partial charge is 0.206 e. The van der Waals surface area contributed by atoms with Crippen LogP contribution in [-0.2, 0) is 4.74 Å². The number of rotatable bonds is 0. The van der Waals surface area contributed by atoms with Crippen LogP contribution in [0, 0.1) is 28.1 Å². The fourth-order valence-electron chi connectivity index (χ4n) is 1.69. The van der Waals surface area contributed by atoms with E-state index in [0.29, 0.717) is 11.3 Å². The lowest BCUT2D eigenvalue weighted by Gasteiger charge is -2.40. The molecule has 0 amide bonds. The Labute approximate surface area is 83.9 Å². The summed E-state index contributed by atoms with van der Waals surface area (Å²) in [6.07, 6.45) is 1.64. The molecule has 0 aromatic carbocycles. The van der Waals surface area contributed by atoms with Crippen molar-refractivity contribution in [3.8, 4) is 12.1 Å². The first-order valence-electron chi connectivity index (χ1n) is 4.29. The molecule has 0 bridgehead atoms. The maximum Gasteiger partial charge on any atom is 0.206 e. The standard InChI is InChI=1S/C11H12N2O/c1-8-5-9(2)14-10(3,4)11(8,6-12)7-13/h5H,1H2,2-4H3. The van der Waals surface area contributed by atoms with E-state index in [9.17, 15) is 0 Å². The largest absolute Gasteiger partial charge is 0.489 e. The van der Waals surface area contributed by atoms with E-state index in [4.69, 9.17) is 15.3 Å². The number of ether oxygens (including phenoxy) is 1. The fraction of sp³-hybridized carbons (Fsp3) is 0.455. The second-order valence-electron chi connectivity index (χ2n) is 3.87. The Hall–Kier alpha value is -1.74. The van der Waals surface area contributed by atoms with Crippen LogP contribution in [0.5, 0.6) is 0 Å². The van der Waals surface area contributed by atoms with Gasteiger partial charge >= 0.3 is 0 Å². The zero-order valence-electron chi connectivity index (χ0n) is 8.59. The van der Waals surface area contributed by atoms with Gasteiger partial charge in [-0.15, -0.1) is 0 Å². The van der Waals surface area contributed by atoms with E-state index in [2.05, 4.69) is 6.58 Å². The fourth-order valence-corrected chi connectivity index (χ4v) is 1.69. The molecule has 1 heterocycles. The summed E-state index contributed by atoms with van der Waals surface area (Å²) in [4.78, 5) is 0. The zero-order chi connectivity index (χ0) is 11.0. The average molecular weight is 188 g/mol. The monoisotopic (exact) mass is 188 g/mol. The third-order valence-corrected chi connectivity index (χ3v) is 2.51. The van der Waals surface area contributed by atoms with E-state index in [-0.39, 0.29) is 0 Å². The summed E-state index contributed by atoms with van der Waals surface area (Å²) in [7, 11) is 0. The Bertz CT molecular complexity index is 376. The molecule has 0 aromatic heterocycles. The molecule has 0 N–H and O–H groups in total. The second-order valence-corrected chi connectivity index (χ2v) is 3.87. The van der Waals surface area contributed by atoms with Gasteiger partial charge in [-0.3, -0.25) is 0 Å². The molecule has 0 fully saturated rings. The molecule has 3 heteroatoms. The van der Waals surface area contributed by atoms with Crippen molar-refractivity contribution in [1.82, 2.24) is 0 Å². The van der Waals surface area contributed by atoms with Gasteiger partial charge < -0.3 is 4.74 Å². The minimum absolute atomic E-state index is 0.497. The van der Waals surface area contributed by atoms with Crippen LogP contribution in [-0.4, -0.2) is 5.60 Å². The molecule has 0 spiro atoms. The lowest BCUT2D eigenvalue weighted by molar-refractivity contribution is -0.0199. The first-order chi connectivity index (χ1) is 6.39. The van der Waals surface area contributed by atoms with Gasteiger partial charge in [0.2, 0.25) is 5.41 Å². The summed E-state index contributed by atoms with van der Waals surface area (Å²) in [5.41, 5.74) is -1.64. The number of hydrogen-bond donors (Lipinski definition) is 0. The highest BCUT2D eigenvalue weighted by molar-refractivity contribution is 5.45. The number of nitriles is 2. The quantitative estimate of drug-likeness (QED) is 0.586. The third kappa shape index (κ3) is 1.10. The summed E-state index contributed by atoms with van der Waals surface area (Å²) >= 11 is 0. The maximum atomic E-state index is 9.09. The highest BCUT2D eigenvalue weighted by atomic mass is 16.5. The summed E-state index contributed by atoms with van der Waals surface area (Å²) < 4.78 is 5.50. The van der Waals surface area contributed by atoms with Crippen molar-refractivity contribution in [1.29, 1.82) is 10.5 Å². The molecular formula is C11H12N2O. The molecule has 0 aromatic rings. The minimum atomic E-state index is -1.29. The van der Waals surface area contributed by atoms with Gasteiger partial charge in [0.15, 0.2) is 0 Å². The molecule has 0 radical (unpaired) electrons. The van der Waals surface area contributed by atoms with Crippen molar-refractivity contribution >= 4 is 0 Å². The molecular weight excluding hydrogens is 176 g/mol. The van der Waals surface area contributed by atoms with Crippen LogP contribution in [0.1, 0.15) is 20.8 Å². The Morgan fingerprint density at radius 2 is 1.86 bits per heavy atom. The lowest BCUT2D eigenvalue weighted by Crippen LogP contribution is -2.46. The minimum Gasteiger partial charge on any atom is -0.489 e. The Morgan fingerprint density at radius 1 is 1.36 bits per heavy atom. The van der Waals surface area contributed by atoms with Crippen molar-refractivity contribution in [2.75, 3.05) is 0 Å². The summed E-state index contributed by atoms with van der Waals surface area (Å²) in [5.74, 6) is 0.682. The van der Waals surface area contributed by atoms with E-state index < -0.39 is 11.0 Å². The van der Waals surface area contributed by atoms with Gasteiger partial charge in [0.25, 0.3) is 0 Å². The molecule has 0 unspecified atom stereocenters. The Balaban J connectivity index is 3.40. The van der Waals surface area contributed by atoms with Gasteiger partial charge in [0.1, 0.15) is 5.60 Å². The summed E-state index contributed by atoms with van der Waals surface area (Å²) in [5, 5.41) is 18.2. The van der Waals surface area contributed by atoms with Crippen LogP contribution >= 0.6 is 0 Å². The molecule has 1 aliphatic heterocycles. The highest BCUT2D eigenvalue weighted by Crippen LogP contribution is 2.44. The van der Waals surface area contributed by atoms with Crippen LogP contribution in [0.4, 0.5) is 0 Å². The highest BCUT2D eigenvalue weighted by Gasteiger charge is 2.52. The molecule has 14 heavy (non-hydrogen) atoms. The van der Waals surface area contributed by atoms with E-state index in [0.717, 1.165) is 0 Å². The maximum absolute atomic E-state index is 9.09. The molecule has 0 saturated carbocycles. The molecule has 1 aliphatic rings. The molecule has 72 valence electrons. The number of nitrogens with zero attached hydrogens (tertiary/aromatic N) is 2. The van der Waals surface area contributed by atoms with Gasteiger partial charge in [-0.25, -0.2) is 0 Å². The third-order valence-electron chi connectivity index (χ3n) is 2.51. The van der Waals surface area contributed by atoms with Gasteiger partial charge in [-0.05, 0) is 32.4 Å². The number of hydrogen-bond acceptors (Lipinski definition) is 3. The van der Waals surface area contributed by atoms with Crippen molar-refractivity contribution in [3.63, 3.8) is 0 Å². The molecule has 1 rings (SSSR count). The predicted molar refractivity (Wildman–Crippen MR) is 51.7 cm³/mol. The zero-order valence-corrected chi connectivity index (χ0v) is 8.59. The Kier molecular flexibility index (Phi) is 2.13. The first-order valence-corrected chi connectivity index (χ1v) is 4.29. The van der Waals surface area contributed by atoms with Crippen molar-refractivity contribution in [2.24, 2.45) is 5.41 Å². The van der Waals surface area contributed by atoms with E-state index in [1.165, 1.54) is 0 Å². The topological polar surface area (TPSA) is 56.8 Å². The van der Waals surface area contributed by atoms with E-state index in [1.54, 1.807) is 26.8 Å². The predicted octanol–water partition coefficient (Wildman–Crippen LogP) is 2.29. The summed E-state index contributed by atoms with van der Waals surface area (Å²) in [6.45, 7) is 8.98. The molecule has 0 saturated heterocycles. The lowest BCUT2D eigenvalue weighted by atomic mass is 9.69. The van der Waals surface area contributed by atoms with E-state index in [1.807, 2.05) is 12.1 Å². The second kappa shape index (κ2) is 2.89. The van der Waals surface area contributed by atoms with Gasteiger partial charge in [-0.2, -0.15) is 10.5 Å². The molecule has 3 nitrogen and oxygen atoms in total. The van der Waals surface area contributed by atoms with Crippen LogP contribution in [0.3, 0.4) is 0 Å².